The van der Waals surface area contributed by atoms with Gasteiger partial charge in [-0.1, -0.05) is 23.2 Å². The summed E-state index contributed by atoms with van der Waals surface area (Å²) >= 11 is 11.7. The van der Waals surface area contributed by atoms with Gasteiger partial charge in [0.25, 0.3) is 0 Å². The van der Waals surface area contributed by atoms with Crippen LogP contribution in [0.5, 0.6) is 0 Å². The SMILES string of the molecule is O=C(NCC1CC1)Nc1ccc(Cl)cc1Cl. The molecule has 1 saturated carbocycles. The molecule has 1 aromatic carbocycles. The van der Waals surface area contributed by atoms with Gasteiger partial charge in [0.2, 0.25) is 0 Å². The zero-order chi connectivity index (χ0) is 11.5. The second kappa shape index (κ2) is 4.93. The molecule has 1 aliphatic carbocycles. The molecule has 0 aromatic heterocycles. The lowest BCUT2D eigenvalue weighted by molar-refractivity contribution is 0.251. The minimum absolute atomic E-state index is 0.226. The Bertz CT molecular complexity index is 405. The average Bonchev–Trinajstić information content (AvgIpc) is 3.03. The number of halogens is 2. The molecular weight excluding hydrogens is 247 g/mol. The molecule has 0 unspecified atom stereocenters. The molecule has 86 valence electrons. The van der Waals surface area contributed by atoms with Gasteiger partial charge in [0.05, 0.1) is 10.7 Å². The van der Waals surface area contributed by atoms with E-state index >= 15 is 0 Å². The summed E-state index contributed by atoms with van der Waals surface area (Å²) in [6.07, 6.45) is 2.42. The minimum Gasteiger partial charge on any atom is -0.338 e. The second-order valence-corrected chi connectivity index (χ2v) is 4.75. The van der Waals surface area contributed by atoms with Crippen LogP contribution in [0.2, 0.25) is 10.0 Å². The van der Waals surface area contributed by atoms with Crippen LogP contribution in [0.4, 0.5) is 10.5 Å². The van der Waals surface area contributed by atoms with Crippen LogP contribution >= 0.6 is 23.2 Å². The first-order valence-corrected chi connectivity index (χ1v) is 5.90. The zero-order valence-corrected chi connectivity index (χ0v) is 10.1. The van der Waals surface area contributed by atoms with E-state index in [0.29, 0.717) is 21.7 Å². The molecule has 1 fully saturated rings. The predicted octanol–water partition coefficient (Wildman–Crippen LogP) is 3.52. The summed E-state index contributed by atoms with van der Waals surface area (Å²) in [4.78, 5) is 11.5. The van der Waals surface area contributed by atoms with Crippen LogP contribution in [0, 0.1) is 5.92 Å². The summed E-state index contributed by atoms with van der Waals surface area (Å²) in [6, 6.07) is 4.74. The Kier molecular flexibility index (Phi) is 3.56. The maximum absolute atomic E-state index is 11.5. The number of benzene rings is 1. The highest BCUT2D eigenvalue weighted by molar-refractivity contribution is 6.36. The Morgan fingerprint density at radius 1 is 1.38 bits per heavy atom. The molecule has 0 bridgehead atoms. The topological polar surface area (TPSA) is 41.1 Å². The average molecular weight is 259 g/mol. The van der Waals surface area contributed by atoms with Gasteiger partial charge >= 0.3 is 6.03 Å². The van der Waals surface area contributed by atoms with Crippen LogP contribution in [0.15, 0.2) is 18.2 Å². The molecular formula is C11H12Cl2N2O. The molecule has 0 atom stereocenters. The Morgan fingerprint density at radius 3 is 2.75 bits per heavy atom. The number of amides is 2. The van der Waals surface area contributed by atoms with Gasteiger partial charge < -0.3 is 10.6 Å². The van der Waals surface area contributed by atoms with Gasteiger partial charge in [-0.2, -0.15) is 0 Å². The van der Waals surface area contributed by atoms with Crippen molar-refractivity contribution < 1.29 is 4.79 Å². The lowest BCUT2D eigenvalue weighted by Crippen LogP contribution is -2.30. The van der Waals surface area contributed by atoms with E-state index in [1.54, 1.807) is 18.2 Å². The van der Waals surface area contributed by atoms with E-state index in [-0.39, 0.29) is 6.03 Å². The van der Waals surface area contributed by atoms with E-state index in [1.165, 1.54) is 12.8 Å². The molecule has 2 amide bonds. The van der Waals surface area contributed by atoms with Crippen LogP contribution < -0.4 is 10.6 Å². The number of nitrogens with one attached hydrogen (secondary N) is 2. The summed E-state index contributed by atoms with van der Waals surface area (Å²) < 4.78 is 0. The quantitative estimate of drug-likeness (QED) is 0.856. The van der Waals surface area contributed by atoms with E-state index in [9.17, 15) is 4.79 Å². The highest BCUT2D eigenvalue weighted by Crippen LogP contribution is 2.28. The van der Waals surface area contributed by atoms with Gasteiger partial charge in [0, 0.05) is 11.6 Å². The van der Waals surface area contributed by atoms with E-state index in [0.717, 1.165) is 6.54 Å². The second-order valence-electron chi connectivity index (χ2n) is 3.90. The third-order valence-electron chi connectivity index (χ3n) is 2.43. The Balaban J connectivity index is 1.89. The van der Waals surface area contributed by atoms with Crippen LogP contribution in [0.3, 0.4) is 0 Å². The third-order valence-corrected chi connectivity index (χ3v) is 2.98. The first-order chi connectivity index (χ1) is 7.65. The minimum atomic E-state index is -0.226. The number of urea groups is 1. The van der Waals surface area contributed by atoms with E-state index < -0.39 is 0 Å². The first-order valence-electron chi connectivity index (χ1n) is 5.15. The van der Waals surface area contributed by atoms with Crippen LogP contribution in [-0.2, 0) is 0 Å². The number of anilines is 1. The highest BCUT2D eigenvalue weighted by Gasteiger charge is 2.21. The van der Waals surface area contributed by atoms with Crippen molar-refractivity contribution in [1.29, 1.82) is 0 Å². The van der Waals surface area contributed by atoms with E-state index in [2.05, 4.69) is 10.6 Å². The van der Waals surface area contributed by atoms with Gasteiger partial charge in [0.15, 0.2) is 0 Å². The van der Waals surface area contributed by atoms with Crippen molar-refractivity contribution in [3.8, 4) is 0 Å². The van der Waals surface area contributed by atoms with Crippen molar-refractivity contribution in [1.82, 2.24) is 5.32 Å². The van der Waals surface area contributed by atoms with E-state index in [1.807, 2.05) is 0 Å². The lowest BCUT2D eigenvalue weighted by Gasteiger charge is -2.08. The van der Waals surface area contributed by atoms with Crippen molar-refractivity contribution >= 4 is 34.9 Å². The highest BCUT2D eigenvalue weighted by atomic mass is 35.5. The van der Waals surface area contributed by atoms with Gasteiger partial charge in [-0.25, -0.2) is 4.79 Å². The number of hydrogen-bond acceptors (Lipinski definition) is 1. The molecule has 16 heavy (non-hydrogen) atoms. The summed E-state index contributed by atoms with van der Waals surface area (Å²) in [5.41, 5.74) is 0.569. The molecule has 1 aliphatic rings. The number of rotatable bonds is 3. The molecule has 0 aliphatic heterocycles. The number of carbonyl (C=O) groups excluding carboxylic acids is 1. The molecule has 0 radical (unpaired) electrons. The van der Waals surface area contributed by atoms with Gasteiger partial charge in [0.1, 0.15) is 0 Å². The van der Waals surface area contributed by atoms with Gasteiger partial charge in [-0.3, -0.25) is 0 Å². The maximum atomic E-state index is 11.5. The molecule has 1 aromatic rings. The van der Waals surface area contributed by atoms with Gasteiger partial charge in [-0.15, -0.1) is 0 Å². The van der Waals surface area contributed by atoms with Crippen LogP contribution in [0.25, 0.3) is 0 Å². The maximum Gasteiger partial charge on any atom is 0.319 e. The van der Waals surface area contributed by atoms with Crippen molar-refractivity contribution in [2.24, 2.45) is 5.92 Å². The molecule has 5 heteroatoms. The summed E-state index contributed by atoms with van der Waals surface area (Å²) in [7, 11) is 0. The first kappa shape index (κ1) is 11.6. The third kappa shape index (κ3) is 3.29. The predicted molar refractivity (Wildman–Crippen MR) is 66.2 cm³/mol. The molecule has 2 rings (SSSR count). The van der Waals surface area contributed by atoms with E-state index in [4.69, 9.17) is 23.2 Å². The summed E-state index contributed by atoms with van der Waals surface area (Å²) in [5.74, 6) is 0.659. The van der Waals surface area contributed by atoms with Crippen LogP contribution in [-0.4, -0.2) is 12.6 Å². The van der Waals surface area contributed by atoms with Crippen molar-refractivity contribution in [3.05, 3.63) is 28.2 Å². The smallest absolute Gasteiger partial charge is 0.319 e. The van der Waals surface area contributed by atoms with Crippen LogP contribution in [0.1, 0.15) is 12.8 Å². The fourth-order valence-electron chi connectivity index (χ4n) is 1.32. The fourth-order valence-corrected chi connectivity index (χ4v) is 1.77. The summed E-state index contributed by atoms with van der Waals surface area (Å²) in [6.45, 7) is 0.733. The molecule has 2 N–H and O–H groups in total. The molecule has 0 spiro atoms. The number of carbonyl (C=O) groups is 1. The molecule has 3 nitrogen and oxygen atoms in total. The molecule has 0 saturated heterocycles. The van der Waals surface area contributed by atoms with Crippen molar-refractivity contribution in [3.63, 3.8) is 0 Å². The Labute approximate surface area is 104 Å². The monoisotopic (exact) mass is 258 g/mol. The van der Waals surface area contributed by atoms with Gasteiger partial charge in [-0.05, 0) is 37.0 Å². The fraction of sp³-hybridized carbons (Fsp3) is 0.364. The normalized spacial score (nSPS) is 14.6. The Hall–Kier alpha value is -0.930. The Morgan fingerprint density at radius 2 is 2.12 bits per heavy atom. The van der Waals surface area contributed by atoms with Crippen molar-refractivity contribution in [2.75, 3.05) is 11.9 Å². The number of hydrogen-bond donors (Lipinski definition) is 2. The standard InChI is InChI=1S/C11H12Cl2N2O/c12-8-3-4-10(9(13)5-8)15-11(16)14-6-7-1-2-7/h3-5,7H,1-2,6H2,(H2,14,15,16). The molecule has 0 heterocycles. The zero-order valence-electron chi connectivity index (χ0n) is 8.59. The summed E-state index contributed by atoms with van der Waals surface area (Å²) in [5, 5.41) is 6.46. The van der Waals surface area contributed by atoms with Crippen molar-refractivity contribution in [2.45, 2.75) is 12.8 Å². The lowest BCUT2D eigenvalue weighted by atomic mass is 10.3. The largest absolute Gasteiger partial charge is 0.338 e.